The largest absolute Gasteiger partial charge is 0.309 e. The topological polar surface area (TPSA) is 33.6 Å². The first-order valence-corrected chi connectivity index (χ1v) is 15.5. The van der Waals surface area contributed by atoms with E-state index in [1.807, 2.05) is 18.2 Å². The van der Waals surface area contributed by atoms with Gasteiger partial charge in [-0.15, -0.1) is 0 Å². The lowest BCUT2D eigenvalue weighted by Gasteiger charge is -2.19. The standard InChI is InChI=1S/C43H27N3/c44-28-29-11-9-12-31(27-29)33-17-10-22-42(46-40-20-7-3-15-36(40)37-16-4-8-21-41(37)46)43(33)30-23-25-32(26-24-30)45-38-18-5-1-13-34(38)35-14-2-6-19-39(35)45/h1-27H. The molecule has 0 saturated heterocycles. The van der Waals surface area contributed by atoms with Gasteiger partial charge >= 0.3 is 0 Å². The van der Waals surface area contributed by atoms with Crippen molar-refractivity contribution in [1.29, 1.82) is 5.26 Å². The van der Waals surface area contributed by atoms with Crippen LogP contribution in [0.4, 0.5) is 0 Å². The van der Waals surface area contributed by atoms with Crippen LogP contribution in [-0.4, -0.2) is 9.13 Å². The molecule has 0 amide bonds. The summed E-state index contributed by atoms with van der Waals surface area (Å²) in [4.78, 5) is 0. The molecule has 214 valence electrons. The van der Waals surface area contributed by atoms with Crippen molar-refractivity contribution in [2.24, 2.45) is 0 Å². The average molecular weight is 586 g/mol. The van der Waals surface area contributed by atoms with Gasteiger partial charge in [0.25, 0.3) is 0 Å². The highest BCUT2D eigenvalue weighted by Gasteiger charge is 2.19. The highest BCUT2D eigenvalue weighted by Crippen LogP contribution is 2.42. The van der Waals surface area contributed by atoms with E-state index in [1.165, 1.54) is 32.6 Å². The van der Waals surface area contributed by atoms with E-state index >= 15 is 0 Å². The summed E-state index contributed by atoms with van der Waals surface area (Å²) in [5.41, 5.74) is 11.9. The molecule has 0 atom stereocenters. The van der Waals surface area contributed by atoms with Gasteiger partial charge in [0.05, 0.1) is 39.4 Å². The van der Waals surface area contributed by atoms with Gasteiger partial charge in [0.2, 0.25) is 0 Å². The molecule has 0 bridgehead atoms. The zero-order valence-electron chi connectivity index (χ0n) is 24.9. The molecule has 9 aromatic rings. The smallest absolute Gasteiger partial charge is 0.0991 e. The van der Waals surface area contributed by atoms with Gasteiger partial charge < -0.3 is 9.13 Å². The maximum Gasteiger partial charge on any atom is 0.0991 e. The Morgan fingerprint density at radius 2 is 0.913 bits per heavy atom. The highest BCUT2D eigenvalue weighted by atomic mass is 15.0. The number of aromatic nitrogens is 2. The Morgan fingerprint density at radius 1 is 0.413 bits per heavy atom. The van der Waals surface area contributed by atoms with Crippen molar-refractivity contribution in [3.05, 3.63) is 169 Å². The van der Waals surface area contributed by atoms with Gasteiger partial charge in [-0.3, -0.25) is 0 Å². The van der Waals surface area contributed by atoms with E-state index in [9.17, 15) is 5.26 Å². The summed E-state index contributed by atoms with van der Waals surface area (Å²) in [6.45, 7) is 0. The number of para-hydroxylation sites is 4. The van der Waals surface area contributed by atoms with Gasteiger partial charge in [-0.1, -0.05) is 109 Å². The van der Waals surface area contributed by atoms with Crippen LogP contribution in [0.15, 0.2) is 164 Å². The molecule has 9 rings (SSSR count). The zero-order valence-corrected chi connectivity index (χ0v) is 24.9. The predicted molar refractivity (Wildman–Crippen MR) is 191 cm³/mol. The molecule has 0 saturated carbocycles. The van der Waals surface area contributed by atoms with Crippen molar-refractivity contribution in [1.82, 2.24) is 9.13 Å². The van der Waals surface area contributed by atoms with E-state index in [0.717, 1.165) is 44.7 Å². The molecule has 0 radical (unpaired) electrons. The first kappa shape index (κ1) is 26.1. The fourth-order valence-electron chi connectivity index (χ4n) is 7.19. The molecule has 0 aliphatic heterocycles. The van der Waals surface area contributed by atoms with Crippen LogP contribution in [0.25, 0.3) is 77.2 Å². The molecule has 2 aromatic heterocycles. The Labute approximate surface area is 266 Å². The Hall–Kier alpha value is -6.37. The van der Waals surface area contributed by atoms with E-state index < -0.39 is 0 Å². The van der Waals surface area contributed by atoms with Crippen LogP contribution >= 0.6 is 0 Å². The molecule has 46 heavy (non-hydrogen) atoms. The van der Waals surface area contributed by atoms with Gasteiger partial charge in [0, 0.05) is 32.8 Å². The monoisotopic (exact) mass is 585 g/mol. The summed E-state index contributed by atoms with van der Waals surface area (Å²) in [6.07, 6.45) is 0. The maximum absolute atomic E-state index is 9.75. The van der Waals surface area contributed by atoms with Gasteiger partial charge in [-0.2, -0.15) is 5.26 Å². The first-order valence-electron chi connectivity index (χ1n) is 15.5. The first-order chi connectivity index (χ1) is 22.8. The van der Waals surface area contributed by atoms with Crippen LogP contribution in [0, 0.1) is 11.3 Å². The Kier molecular flexibility index (Phi) is 5.88. The molecule has 7 aromatic carbocycles. The maximum atomic E-state index is 9.75. The molecule has 0 N–H and O–H groups in total. The summed E-state index contributed by atoms with van der Waals surface area (Å²) in [6, 6.07) is 60.2. The van der Waals surface area contributed by atoms with Gasteiger partial charge in [0.15, 0.2) is 0 Å². The molecule has 0 aliphatic carbocycles. The van der Waals surface area contributed by atoms with E-state index in [-0.39, 0.29) is 0 Å². The van der Waals surface area contributed by atoms with E-state index in [0.29, 0.717) is 5.56 Å². The van der Waals surface area contributed by atoms with Crippen molar-refractivity contribution in [2.45, 2.75) is 0 Å². The molecule has 0 aliphatic rings. The normalized spacial score (nSPS) is 11.5. The lowest BCUT2D eigenvalue weighted by molar-refractivity contribution is 1.17. The van der Waals surface area contributed by atoms with Crippen molar-refractivity contribution in [3.8, 4) is 39.7 Å². The van der Waals surface area contributed by atoms with E-state index in [4.69, 9.17) is 0 Å². The Morgan fingerprint density at radius 3 is 1.46 bits per heavy atom. The highest BCUT2D eigenvalue weighted by molar-refractivity contribution is 6.11. The second-order valence-corrected chi connectivity index (χ2v) is 11.7. The third-order valence-corrected chi connectivity index (χ3v) is 9.16. The number of benzene rings is 7. The minimum absolute atomic E-state index is 0.646. The summed E-state index contributed by atoms with van der Waals surface area (Å²) in [5, 5.41) is 14.7. The number of nitrogens with zero attached hydrogens (tertiary/aromatic N) is 3. The third-order valence-electron chi connectivity index (χ3n) is 9.16. The predicted octanol–water partition coefficient (Wildman–Crippen LogP) is 11.1. The molecule has 0 fully saturated rings. The van der Waals surface area contributed by atoms with Gasteiger partial charge in [-0.05, 0) is 71.3 Å². The van der Waals surface area contributed by atoms with Crippen molar-refractivity contribution in [2.75, 3.05) is 0 Å². The lowest BCUT2D eigenvalue weighted by atomic mass is 9.92. The summed E-state index contributed by atoms with van der Waals surface area (Å²) < 4.78 is 4.74. The zero-order chi connectivity index (χ0) is 30.6. The minimum Gasteiger partial charge on any atom is -0.309 e. The van der Waals surface area contributed by atoms with Crippen LogP contribution in [0.3, 0.4) is 0 Å². The van der Waals surface area contributed by atoms with Crippen LogP contribution in [0.2, 0.25) is 0 Å². The second-order valence-electron chi connectivity index (χ2n) is 11.7. The second kappa shape index (κ2) is 10.4. The van der Waals surface area contributed by atoms with Crippen LogP contribution in [-0.2, 0) is 0 Å². The van der Waals surface area contributed by atoms with Crippen molar-refractivity contribution in [3.63, 3.8) is 0 Å². The summed E-state index contributed by atoms with van der Waals surface area (Å²) in [5.74, 6) is 0. The Balaban J connectivity index is 1.32. The third kappa shape index (κ3) is 3.91. The van der Waals surface area contributed by atoms with Crippen molar-refractivity contribution >= 4 is 43.6 Å². The number of hydrogen-bond acceptors (Lipinski definition) is 1. The number of rotatable bonds is 4. The SMILES string of the molecule is N#Cc1cccc(-c2cccc(-n3c4ccccc4c4ccccc43)c2-c2ccc(-n3c4ccccc4c4ccccc43)cc2)c1. The lowest BCUT2D eigenvalue weighted by Crippen LogP contribution is -2.00. The van der Waals surface area contributed by atoms with Crippen LogP contribution in [0.1, 0.15) is 5.56 Å². The summed E-state index contributed by atoms with van der Waals surface area (Å²) in [7, 11) is 0. The summed E-state index contributed by atoms with van der Waals surface area (Å²) >= 11 is 0. The van der Waals surface area contributed by atoms with Crippen molar-refractivity contribution < 1.29 is 0 Å². The van der Waals surface area contributed by atoms with Gasteiger partial charge in [-0.25, -0.2) is 0 Å². The number of hydrogen-bond donors (Lipinski definition) is 0. The molecular weight excluding hydrogens is 558 g/mol. The van der Waals surface area contributed by atoms with Gasteiger partial charge in [0.1, 0.15) is 0 Å². The molecule has 2 heterocycles. The molecule has 3 nitrogen and oxygen atoms in total. The fourth-order valence-corrected chi connectivity index (χ4v) is 7.19. The van der Waals surface area contributed by atoms with Crippen LogP contribution in [0.5, 0.6) is 0 Å². The number of nitriles is 1. The average Bonchev–Trinajstić information content (AvgIpc) is 3.64. The van der Waals surface area contributed by atoms with E-state index in [2.05, 4.69) is 161 Å². The molecule has 0 unspecified atom stereocenters. The van der Waals surface area contributed by atoms with Crippen LogP contribution < -0.4 is 0 Å². The molecular formula is C43H27N3. The molecule has 0 spiro atoms. The fraction of sp³-hybridized carbons (Fsp3) is 0. The quantitative estimate of drug-likeness (QED) is 0.202. The Bertz CT molecular complexity index is 2540. The molecule has 3 heteroatoms. The number of fused-ring (bicyclic) bond motifs is 6. The minimum atomic E-state index is 0.646. The van der Waals surface area contributed by atoms with E-state index in [1.54, 1.807) is 0 Å².